The highest BCUT2D eigenvalue weighted by Crippen LogP contribution is 2.30. The fraction of sp³-hybridized carbons (Fsp3) is 0. The highest BCUT2D eigenvalue weighted by Gasteiger charge is 2.07. The van der Waals surface area contributed by atoms with Crippen LogP contribution in [-0.2, 0) is 0 Å². The second-order valence-electron chi connectivity index (χ2n) is 3.51. The van der Waals surface area contributed by atoms with Gasteiger partial charge in [0.25, 0.3) is 0 Å². The maximum atomic E-state index is 13.2. The summed E-state index contributed by atoms with van der Waals surface area (Å²) in [5.74, 6) is -0.806. The molecule has 0 unspecified atom stereocenters. The Kier molecular flexibility index (Phi) is 3.58. The second-order valence-corrected chi connectivity index (χ2v) is 3.92. The first-order valence-corrected chi connectivity index (χ1v) is 5.35. The molecule has 2 nitrogen and oxygen atoms in total. The van der Waals surface area contributed by atoms with E-state index in [0.29, 0.717) is 6.29 Å². The maximum Gasteiger partial charge on any atom is 0.150 e. The molecule has 0 aliphatic rings. The molecule has 0 bridgehead atoms. The molecule has 0 aromatic heterocycles. The zero-order chi connectivity index (χ0) is 13.1. The van der Waals surface area contributed by atoms with Crippen LogP contribution in [0.5, 0.6) is 11.5 Å². The highest BCUT2D eigenvalue weighted by atomic mass is 35.5. The van der Waals surface area contributed by atoms with Crippen LogP contribution in [0.15, 0.2) is 36.4 Å². The van der Waals surface area contributed by atoms with E-state index < -0.39 is 11.6 Å². The quantitative estimate of drug-likeness (QED) is 0.779. The zero-order valence-electron chi connectivity index (χ0n) is 8.99. The van der Waals surface area contributed by atoms with Gasteiger partial charge in [-0.1, -0.05) is 11.6 Å². The number of benzene rings is 2. The van der Waals surface area contributed by atoms with Gasteiger partial charge in [0.15, 0.2) is 0 Å². The van der Waals surface area contributed by atoms with Crippen molar-refractivity contribution in [3.8, 4) is 11.5 Å². The third-order valence-corrected chi connectivity index (χ3v) is 2.45. The van der Waals surface area contributed by atoms with Crippen LogP contribution >= 0.6 is 11.6 Å². The molecule has 2 aromatic rings. The summed E-state index contributed by atoms with van der Waals surface area (Å²) >= 11 is 5.76. The van der Waals surface area contributed by atoms with E-state index in [4.69, 9.17) is 16.3 Å². The molecule has 0 aliphatic carbocycles. The van der Waals surface area contributed by atoms with Crippen LogP contribution in [0.2, 0.25) is 5.02 Å². The third-order valence-electron chi connectivity index (χ3n) is 2.15. The van der Waals surface area contributed by atoms with Crippen molar-refractivity contribution in [2.75, 3.05) is 0 Å². The van der Waals surface area contributed by atoms with E-state index in [0.717, 1.165) is 18.2 Å². The lowest BCUT2D eigenvalue weighted by molar-refractivity contribution is 0.112. The van der Waals surface area contributed by atoms with E-state index in [2.05, 4.69) is 0 Å². The second kappa shape index (κ2) is 5.14. The van der Waals surface area contributed by atoms with Gasteiger partial charge in [0.1, 0.15) is 29.4 Å². The molecule has 92 valence electrons. The zero-order valence-corrected chi connectivity index (χ0v) is 9.75. The average molecular weight is 269 g/mol. The molecular formula is C13H7ClF2O2. The van der Waals surface area contributed by atoms with Gasteiger partial charge in [-0.15, -0.1) is 0 Å². The fourth-order valence-electron chi connectivity index (χ4n) is 1.40. The first kappa shape index (κ1) is 12.5. The molecule has 0 saturated carbocycles. The van der Waals surface area contributed by atoms with Gasteiger partial charge >= 0.3 is 0 Å². The van der Waals surface area contributed by atoms with Gasteiger partial charge in [-0.2, -0.15) is 0 Å². The molecule has 2 aromatic carbocycles. The van der Waals surface area contributed by atoms with E-state index in [1.165, 1.54) is 18.2 Å². The number of hydrogen-bond acceptors (Lipinski definition) is 2. The Morgan fingerprint density at radius 2 is 1.83 bits per heavy atom. The summed E-state index contributed by atoms with van der Waals surface area (Å²) in [5.41, 5.74) is 0.142. The normalized spacial score (nSPS) is 10.2. The number of aldehydes is 1. The lowest BCUT2D eigenvalue weighted by Crippen LogP contribution is -1.90. The highest BCUT2D eigenvalue weighted by molar-refractivity contribution is 6.32. The Balaban J connectivity index is 2.33. The third kappa shape index (κ3) is 2.84. The standard InChI is InChI=1S/C13H7ClF2O2/c14-12-6-9(15)1-2-13(12)18-11-4-8(7-17)3-10(16)5-11/h1-7H. The molecule has 2 rings (SSSR count). The van der Waals surface area contributed by atoms with Crippen molar-refractivity contribution in [3.63, 3.8) is 0 Å². The molecule has 0 atom stereocenters. The Labute approximate surface area is 107 Å². The lowest BCUT2D eigenvalue weighted by atomic mass is 10.2. The minimum Gasteiger partial charge on any atom is -0.456 e. The van der Waals surface area contributed by atoms with Crippen molar-refractivity contribution in [2.24, 2.45) is 0 Å². The van der Waals surface area contributed by atoms with Crippen molar-refractivity contribution in [1.82, 2.24) is 0 Å². The SMILES string of the molecule is O=Cc1cc(F)cc(Oc2ccc(F)cc2Cl)c1. The Hall–Kier alpha value is -1.94. The number of halogens is 3. The summed E-state index contributed by atoms with van der Waals surface area (Å²) in [4.78, 5) is 10.6. The van der Waals surface area contributed by atoms with Crippen LogP contribution in [0, 0.1) is 11.6 Å². The molecule has 18 heavy (non-hydrogen) atoms. The summed E-state index contributed by atoms with van der Waals surface area (Å²) in [5, 5.41) is 0.0620. The summed E-state index contributed by atoms with van der Waals surface area (Å²) in [7, 11) is 0. The molecule has 0 N–H and O–H groups in total. The Morgan fingerprint density at radius 1 is 1.06 bits per heavy atom. The van der Waals surface area contributed by atoms with Crippen molar-refractivity contribution >= 4 is 17.9 Å². The topological polar surface area (TPSA) is 26.3 Å². The maximum absolute atomic E-state index is 13.2. The van der Waals surface area contributed by atoms with E-state index >= 15 is 0 Å². The molecule has 0 radical (unpaired) electrons. The smallest absolute Gasteiger partial charge is 0.150 e. The van der Waals surface area contributed by atoms with E-state index in [1.54, 1.807) is 0 Å². The average Bonchev–Trinajstić information content (AvgIpc) is 2.32. The van der Waals surface area contributed by atoms with E-state index in [9.17, 15) is 13.6 Å². The molecule has 0 saturated heterocycles. The molecule has 0 amide bonds. The van der Waals surface area contributed by atoms with Crippen molar-refractivity contribution < 1.29 is 18.3 Å². The van der Waals surface area contributed by atoms with Gasteiger partial charge in [-0.3, -0.25) is 4.79 Å². The predicted molar refractivity (Wildman–Crippen MR) is 63.3 cm³/mol. The molecule has 0 fully saturated rings. The number of rotatable bonds is 3. The predicted octanol–water partition coefficient (Wildman–Crippen LogP) is 4.22. The molecule has 0 aliphatic heterocycles. The molecule has 5 heteroatoms. The van der Waals surface area contributed by atoms with Crippen molar-refractivity contribution in [2.45, 2.75) is 0 Å². The van der Waals surface area contributed by atoms with Gasteiger partial charge in [-0.25, -0.2) is 8.78 Å². The number of hydrogen-bond donors (Lipinski definition) is 0. The molecular weight excluding hydrogens is 262 g/mol. The summed E-state index contributed by atoms with van der Waals surface area (Å²) < 4.78 is 31.3. The van der Waals surface area contributed by atoms with Crippen LogP contribution in [0.25, 0.3) is 0 Å². The van der Waals surface area contributed by atoms with Crippen LogP contribution in [0.1, 0.15) is 10.4 Å². The monoisotopic (exact) mass is 268 g/mol. The van der Waals surface area contributed by atoms with E-state index in [1.807, 2.05) is 0 Å². The van der Waals surface area contributed by atoms with Gasteiger partial charge in [0, 0.05) is 11.6 Å². The molecule has 0 heterocycles. The number of carbonyl (C=O) groups excluding carboxylic acids is 1. The van der Waals surface area contributed by atoms with Gasteiger partial charge in [0.2, 0.25) is 0 Å². The first-order valence-electron chi connectivity index (χ1n) is 4.97. The largest absolute Gasteiger partial charge is 0.456 e. The summed E-state index contributed by atoms with van der Waals surface area (Å²) in [6, 6.07) is 7.11. The van der Waals surface area contributed by atoms with Crippen LogP contribution in [0.4, 0.5) is 8.78 Å². The summed E-state index contributed by atoms with van der Waals surface area (Å²) in [6.45, 7) is 0. The number of carbonyl (C=O) groups is 1. The van der Waals surface area contributed by atoms with Gasteiger partial charge < -0.3 is 4.74 Å². The van der Waals surface area contributed by atoms with Crippen molar-refractivity contribution in [1.29, 1.82) is 0 Å². The lowest BCUT2D eigenvalue weighted by Gasteiger charge is -2.08. The molecule has 0 spiro atoms. The number of ether oxygens (including phenoxy) is 1. The van der Waals surface area contributed by atoms with Crippen LogP contribution < -0.4 is 4.74 Å². The minimum absolute atomic E-state index is 0.0620. The summed E-state index contributed by atoms with van der Waals surface area (Å²) in [6.07, 6.45) is 0.502. The van der Waals surface area contributed by atoms with Crippen LogP contribution in [0.3, 0.4) is 0 Å². The minimum atomic E-state index is -0.604. The Bertz CT molecular complexity index is 600. The van der Waals surface area contributed by atoms with Gasteiger partial charge in [-0.05, 0) is 30.3 Å². The Morgan fingerprint density at radius 3 is 2.50 bits per heavy atom. The van der Waals surface area contributed by atoms with Gasteiger partial charge in [0.05, 0.1) is 5.02 Å². The first-order chi connectivity index (χ1) is 8.58. The van der Waals surface area contributed by atoms with E-state index in [-0.39, 0.29) is 22.1 Å². The fourth-order valence-corrected chi connectivity index (χ4v) is 1.60. The van der Waals surface area contributed by atoms with Crippen LogP contribution in [-0.4, -0.2) is 6.29 Å². The van der Waals surface area contributed by atoms with Crippen molar-refractivity contribution in [3.05, 3.63) is 58.6 Å².